The molecule has 0 saturated carbocycles. The van der Waals surface area contributed by atoms with Crippen molar-refractivity contribution in [3.05, 3.63) is 132 Å². The molecule has 6 aromatic rings. The summed E-state index contributed by atoms with van der Waals surface area (Å²) in [6, 6.07) is 41.5. The van der Waals surface area contributed by atoms with Crippen LogP contribution in [0.1, 0.15) is 11.1 Å². The van der Waals surface area contributed by atoms with E-state index < -0.39 is 7.14 Å². The van der Waals surface area contributed by atoms with Gasteiger partial charge in [-0.05, 0) is 50.2 Å². The van der Waals surface area contributed by atoms with Crippen molar-refractivity contribution in [2.45, 2.75) is 13.8 Å². The maximum atomic E-state index is 15.1. The van der Waals surface area contributed by atoms with Crippen LogP contribution in [0, 0.1) is 13.8 Å². The van der Waals surface area contributed by atoms with Gasteiger partial charge in [-0.15, -0.1) is 0 Å². The molecule has 0 unspecified atom stereocenters. The summed E-state index contributed by atoms with van der Waals surface area (Å²) in [5.41, 5.74) is 5.69. The quantitative estimate of drug-likeness (QED) is 0.253. The van der Waals surface area contributed by atoms with Gasteiger partial charge in [-0.1, -0.05) is 96.1 Å². The Labute approximate surface area is 205 Å². The first kappa shape index (κ1) is 21.6. The molecule has 170 valence electrons. The number of fused-ring (bicyclic) bond motifs is 3. The van der Waals surface area contributed by atoms with Crippen LogP contribution >= 0.6 is 7.14 Å². The lowest BCUT2D eigenvalue weighted by Crippen LogP contribution is -2.25. The van der Waals surface area contributed by atoms with Crippen LogP contribution in [0.3, 0.4) is 0 Å². The normalized spacial score (nSPS) is 11.8. The number of rotatable bonds is 4. The second-order valence-electron chi connectivity index (χ2n) is 9.17. The average molecular weight is 472 g/mol. The molecule has 0 saturated heterocycles. The van der Waals surface area contributed by atoms with Crippen LogP contribution in [-0.4, -0.2) is 4.57 Å². The zero-order valence-electron chi connectivity index (χ0n) is 19.8. The summed E-state index contributed by atoms with van der Waals surface area (Å²) in [6.07, 6.45) is 0. The molecule has 1 heterocycles. The van der Waals surface area contributed by atoms with Gasteiger partial charge in [0.25, 0.3) is 0 Å². The van der Waals surface area contributed by atoms with Gasteiger partial charge >= 0.3 is 0 Å². The summed E-state index contributed by atoms with van der Waals surface area (Å²) in [5, 5.41) is 4.85. The Balaban J connectivity index is 1.66. The maximum absolute atomic E-state index is 15.1. The van der Waals surface area contributed by atoms with Crippen LogP contribution in [-0.2, 0) is 4.57 Å². The molecule has 0 N–H and O–H groups in total. The number of para-hydroxylation sites is 2. The van der Waals surface area contributed by atoms with Gasteiger partial charge in [-0.25, -0.2) is 0 Å². The van der Waals surface area contributed by atoms with Gasteiger partial charge in [0.2, 0.25) is 0 Å². The first-order valence-electron chi connectivity index (χ1n) is 11.9. The van der Waals surface area contributed by atoms with Gasteiger partial charge in [-0.3, -0.25) is 0 Å². The zero-order chi connectivity index (χ0) is 24.0. The van der Waals surface area contributed by atoms with E-state index in [-0.39, 0.29) is 0 Å². The summed E-state index contributed by atoms with van der Waals surface area (Å²) in [4.78, 5) is 0. The third-order valence-corrected chi connectivity index (χ3v) is 9.89. The summed E-state index contributed by atoms with van der Waals surface area (Å²) < 4.78 is 17.4. The fraction of sp³-hybridized carbons (Fsp3) is 0.0625. The summed E-state index contributed by atoms with van der Waals surface area (Å²) in [5.74, 6) is 0. The van der Waals surface area contributed by atoms with E-state index in [0.29, 0.717) is 0 Å². The predicted molar refractivity (Wildman–Crippen MR) is 150 cm³/mol. The van der Waals surface area contributed by atoms with Gasteiger partial charge in [-0.2, -0.15) is 0 Å². The van der Waals surface area contributed by atoms with Crippen molar-refractivity contribution >= 4 is 44.9 Å². The Morgan fingerprint density at radius 1 is 0.514 bits per heavy atom. The summed E-state index contributed by atoms with van der Waals surface area (Å²) >= 11 is 0. The molecule has 0 bridgehead atoms. The Bertz CT molecular complexity index is 1660. The SMILES string of the molecule is Cc1ccc(P(=O)(c2ccc(C)cc2)c2ccc3c(c2)c2ccccc2n3-c2ccccc2)cc1. The lowest BCUT2D eigenvalue weighted by molar-refractivity contribution is 0.592. The van der Waals surface area contributed by atoms with Crippen molar-refractivity contribution in [1.82, 2.24) is 4.57 Å². The molecule has 5 aromatic carbocycles. The molecule has 0 aliphatic carbocycles. The highest BCUT2D eigenvalue weighted by Gasteiger charge is 2.30. The van der Waals surface area contributed by atoms with E-state index in [9.17, 15) is 0 Å². The van der Waals surface area contributed by atoms with E-state index in [1.54, 1.807) is 0 Å². The van der Waals surface area contributed by atoms with Crippen molar-refractivity contribution in [2.75, 3.05) is 0 Å². The molecular weight excluding hydrogens is 445 g/mol. The molecule has 6 rings (SSSR count). The highest BCUT2D eigenvalue weighted by molar-refractivity contribution is 7.85. The second-order valence-corrected chi connectivity index (χ2v) is 11.9. The minimum absolute atomic E-state index is 0.855. The van der Waals surface area contributed by atoms with Gasteiger partial charge < -0.3 is 9.13 Å². The number of hydrogen-bond donors (Lipinski definition) is 0. The number of hydrogen-bond acceptors (Lipinski definition) is 1. The summed E-state index contributed by atoms with van der Waals surface area (Å²) in [6.45, 7) is 4.12. The van der Waals surface area contributed by atoms with E-state index in [0.717, 1.165) is 54.5 Å². The van der Waals surface area contributed by atoms with Crippen LogP contribution < -0.4 is 15.9 Å². The van der Waals surface area contributed by atoms with E-state index >= 15 is 4.57 Å². The highest BCUT2D eigenvalue weighted by Crippen LogP contribution is 2.44. The Morgan fingerprint density at radius 2 is 1.03 bits per heavy atom. The van der Waals surface area contributed by atoms with E-state index in [1.165, 1.54) is 0 Å². The lowest BCUT2D eigenvalue weighted by atomic mass is 10.1. The third-order valence-electron chi connectivity index (χ3n) is 6.83. The van der Waals surface area contributed by atoms with Crippen molar-refractivity contribution in [3.63, 3.8) is 0 Å². The molecule has 3 heteroatoms. The van der Waals surface area contributed by atoms with Crippen LogP contribution in [0.15, 0.2) is 121 Å². The van der Waals surface area contributed by atoms with Gasteiger partial charge in [0.05, 0.1) is 11.0 Å². The highest BCUT2D eigenvalue weighted by atomic mass is 31.2. The molecule has 1 aromatic heterocycles. The largest absolute Gasteiger partial charge is 0.309 e. The van der Waals surface area contributed by atoms with Crippen LogP contribution in [0.4, 0.5) is 0 Å². The number of aromatic nitrogens is 1. The van der Waals surface area contributed by atoms with Crippen LogP contribution in [0.25, 0.3) is 27.5 Å². The molecule has 0 spiro atoms. The molecule has 0 amide bonds. The van der Waals surface area contributed by atoms with Crippen LogP contribution in [0.2, 0.25) is 0 Å². The van der Waals surface area contributed by atoms with Gasteiger partial charge in [0.15, 0.2) is 7.14 Å². The minimum atomic E-state index is -3.07. The monoisotopic (exact) mass is 471 g/mol. The molecule has 2 nitrogen and oxygen atoms in total. The zero-order valence-corrected chi connectivity index (χ0v) is 20.7. The van der Waals surface area contributed by atoms with Gasteiger partial charge in [0, 0.05) is 32.4 Å². The number of aryl methyl sites for hydroxylation is 2. The van der Waals surface area contributed by atoms with Crippen molar-refractivity contribution in [3.8, 4) is 5.69 Å². The molecule has 0 radical (unpaired) electrons. The minimum Gasteiger partial charge on any atom is -0.309 e. The Morgan fingerprint density at radius 3 is 1.66 bits per heavy atom. The summed E-state index contributed by atoms with van der Waals surface area (Å²) in [7, 11) is -3.07. The topological polar surface area (TPSA) is 22.0 Å². The molecule has 0 aliphatic rings. The predicted octanol–water partition coefficient (Wildman–Crippen LogP) is 7.04. The maximum Gasteiger partial charge on any atom is 0.171 e. The molecular formula is C32H26NOP. The number of benzene rings is 5. The number of nitrogens with zero attached hydrogens (tertiary/aromatic N) is 1. The second kappa shape index (κ2) is 8.41. The van der Waals surface area contributed by atoms with E-state index in [1.807, 2.05) is 30.3 Å². The molecule has 0 fully saturated rings. The Hall–Kier alpha value is -3.87. The van der Waals surface area contributed by atoms with Crippen molar-refractivity contribution < 1.29 is 4.57 Å². The first-order valence-corrected chi connectivity index (χ1v) is 13.6. The molecule has 0 aliphatic heterocycles. The smallest absolute Gasteiger partial charge is 0.171 e. The van der Waals surface area contributed by atoms with Crippen molar-refractivity contribution in [2.24, 2.45) is 0 Å². The average Bonchev–Trinajstić information content (AvgIpc) is 3.23. The Kier molecular flexibility index (Phi) is 5.20. The fourth-order valence-electron chi connectivity index (χ4n) is 4.97. The third kappa shape index (κ3) is 3.53. The van der Waals surface area contributed by atoms with Crippen LogP contribution in [0.5, 0.6) is 0 Å². The standard InChI is InChI=1S/C32H26NOP/c1-23-12-16-26(17-13-23)35(34,27-18-14-24(2)15-19-27)28-20-21-32-30(22-28)29-10-6-7-11-31(29)33(32)25-8-4-3-5-9-25/h3-22H,1-2H3. The van der Waals surface area contributed by atoms with Crippen molar-refractivity contribution in [1.29, 1.82) is 0 Å². The molecule has 0 atom stereocenters. The van der Waals surface area contributed by atoms with E-state index in [4.69, 9.17) is 0 Å². The van der Waals surface area contributed by atoms with E-state index in [2.05, 4.69) is 109 Å². The van der Waals surface area contributed by atoms with Gasteiger partial charge in [0.1, 0.15) is 0 Å². The lowest BCUT2D eigenvalue weighted by Gasteiger charge is -2.21. The first-order chi connectivity index (χ1) is 17.1. The molecule has 35 heavy (non-hydrogen) atoms. The fourth-order valence-corrected chi connectivity index (χ4v) is 7.60.